The Morgan fingerprint density at radius 2 is 2.10 bits per heavy atom. The summed E-state index contributed by atoms with van der Waals surface area (Å²) in [5.41, 5.74) is -0.0998. The summed E-state index contributed by atoms with van der Waals surface area (Å²) < 4.78 is 0. The summed E-state index contributed by atoms with van der Waals surface area (Å²) in [6.07, 6.45) is 2.03. The number of benzene rings is 1. The molecule has 6 nitrogen and oxygen atoms in total. The van der Waals surface area contributed by atoms with Crippen LogP contribution in [0, 0.1) is 16.0 Å². The van der Waals surface area contributed by atoms with Gasteiger partial charge in [0.25, 0.3) is 5.69 Å². The molecule has 0 amide bonds. The number of hydrogen-bond acceptors (Lipinski definition) is 4. The number of nitrogens with zero attached hydrogens (tertiary/aromatic N) is 1. The van der Waals surface area contributed by atoms with E-state index in [1.165, 1.54) is 18.2 Å². The minimum absolute atomic E-state index is 0.174. The van der Waals surface area contributed by atoms with Crippen LogP contribution in [-0.4, -0.2) is 22.0 Å². The summed E-state index contributed by atoms with van der Waals surface area (Å²) in [5.74, 6) is -0.732. The van der Waals surface area contributed by atoms with Crippen molar-refractivity contribution in [3.05, 3.63) is 33.9 Å². The number of carboxylic acid groups (broad SMARTS) is 1. The lowest BCUT2D eigenvalue weighted by Gasteiger charge is -2.18. The molecule has 2 unspecified atom stereocenters. The van der Waals surface area contributed by atoms with Crippen molar-refractivity contribution in [2.75, 3.05) is 5.32 Å². The molecule has 0 aliphatic carbocycles. The van der Waals surface area contributed by atoms with Crippen molar-refractivity contribution in [1.82, 2.24) is 0 Å². The van der Waals surface area contributed by atoms with Crippen LogP contribution in [-0.2, 0) is 0 Å². The van der Waals surface area contributed by atoms with E-state index < -0.39 is 16.6 Å². The van der Waals surface area contributed by atoms with Crippen LogP contribution in [0.2, 0.25) is 0 Å². The van der Waals surface area contributed by atoms with E-state index in [0.717, 1.165) is 12.8 Å². The van der Waals surface area contributed by atoms with Gasteiger partial charge in [-0.15, -0.1) is 0 Å². The van der Waals surface area contributed by atoms with Crippen molar-refractivity contribution in [3.63, 3.8) is 0 Å². The van der Waals surface area contributed by atoms with Gasteiger partial charge >= 0.3 is 5.97 Å². The van der Waals surface area contributed by atoms with Crippen LogP contribution in [0.4, 0.5) is 11.4 Å². The molecule has 0 aromatic heterocycles. The summed E-state index contributed by atoms with van der Waals surface area (Å²) in [5, 5.41) is 23.0. The second-order valence-corrected chi connectivity index (χ2v) is 5.09. The summed E-state index contributed by atoms with van der Waals surface area (Å²) in [6, 6.07) is 4.25. The van der Waals surface area contributed by atoms with Crippen LogP contribution in [0.3, 0.4) is 0 Å². The Balaban J connectivity index is 2.90. The average Bonchev–Trinajstić information content (AvgIpc) is 2.37. The second-order valence-electron chi connectivity index (χ2n) is 5.09. The third-order valence-electron chi connectivity index (χ3n) is 3.29. The minimum Gasteiger partial charge on any atom is -0.477 e. The van der Waals surface area contributed by atoms with E-state index in [1.54, 1.807) is 0 Å². The number of anilines is 1. The Kier molecular flexibility index (Phi) is 5.49. The number of rotatable bonds is 7. The number of nitro groups is 1. The fourth-order valence-corrected chi connectivity index (χ4v) is 2.07. The van der Waals surface area contributed by atoms with Gasteiger partial charge in [0.1, 0.15) is 5.56 Å². The molecule has 0 spiro atoms. The highest BCUT2D eigenvalue weighted by Gasteiger charge is 2.20. The first-order chi connectivity index (χ1) is 9.35. The Morgan fingerprint density at radius 3 is 2.60 bits per heavy atom. The van der Waals surface area contributed by atoms with Crippen molar-refractivity contribution in [1.29, 1.82) is 0 Å². The standard InChI is InChI=1S/C14H20N2O4/c1-4-9(2)7-10(3)15-11-5-6-13(16(19)20)12(8-11)14(17)18/h5-6,8-10,15H,4,7H2,1-3H3,(H,17,18). The maximum atomic E-state index is 11.1. The van der Waals surface area contributed by atoms with Gasteiger partial charge in [-0.25, -0.2) is 4.79 Å². The molecule has 0 heterocycles. The molecule has 6 heteroatoms. The summed E-state index contributed by atoms with van der Waals surface area (Å²) in [4.78, 5) is 21.1. The molecular formula is C14H20N2O4. The van der Waals surface area contributed by atoms with E-state index in [2.05, 4.69) is 19.2 Å². The first kappa shape index (κ1) is 15.9. The first-order valence-corrected chi connectivity index (χ1v) is 6.63. The van der Waals surface area contributed by atoms with E-state index in [0.29, 0.717) is 11.6 Å². The topological polar surface area (TPSA) is 92.5 Å². The molecule has 0 aliphatic rings. The maximum Gasteiger partial charge on any atom is 0.342 e. The molecule has 2 atom stereocenters. The van der Waals surface area contributed by atoms with E-state index in [-0.39, 0.29) is 11.6 Å². The van der Waals surface area contributed by atoms with E-state index in [4.69, 9.17) is 5.11 Å². The van der Waals surface area contributed by atoms with Crippen LogP contribution in [0.1, 0.15) is 44.0 Å². The monoisotopic (exact) mass is 280 g/mol. The lowest BCUT2D eigenvalue weighted by molar-refractivity contribution is -0.385. The predicted octanol–water partition coefficient (Wildman–Crippen LogP) is 3.53. The summed E-state index contributed by atoms with van der Waals surface area (Å²) >= 11 is 0. The third kappa shape index (κ3) is 4.22. The van der Waals surface area contributed by atoms with Crippen molar-refractivity contribution in [2.24, 2.45) is 5.92 Å². The van der Waals surface area contributed by atoms with Crippen LogP contribution < -0.4 is 5.32 Å². The van der Waals surface area contributed by atoms with E-state index in [9.17, 15) is 14.9 Å². The Labute approximate surface area is 118 Å². The predicted molar refractivity (Wildman–Crippen MR) is 77.2 cm³/mol. The Bertz CT molecular complexity index is 502. The molecule has 0 bridgehead atoms. The molecule has 0 aliphatic heterocycles. The van der Waals surface area contributed by atoms with Crippen LogP contribution in [0.5, 0.6) is 0 Å². The maximum absolute atomic E-state index is 11.1. The van der Waals surface area contributed by atoms with Gasteiger partial charge in [0.2, 0.25) is 0 Å². The largest absolute Gasteiger partial charge is 0.477 e. The number of carbonyl (C=O) groups is 1. The third-order valence-corrected chi connectivity index (χ3v) is 3.29. The molecule has 1 aromatic carbocycles. The molecule has 1 rings (SSSR count). The van der Waals surface area contributed by atoms with Gasteiger partial charge in [-0.2, -0.15) is 0 Å². The fraction of sp³-hybridized carbons (Fsp3) is 0.500. The number of carboxylic acids is 1. The quantitative estimate of drug-likeness (QED) is 0.588. The number of nitrogens with one attached hydrogen (secondary N) is 1. The minimum atomic E-state index is -1.30. The molecule has 2 N–H and O–H groups in total. The van der Waals surface area contributed by atoms with Gasteiger partial charge in [-0.3, -0.25) is 10.1 Å². The number of aromatic carboxylic acids is 1. The number of hydrogen-bond donors (Lipinski definition) is 2. The molecule has 20 heavy (non-hydrogen) atoms. The van der Waals surface area contributed by atoms with Crippen LogP contribution in [0.15, 0.2) is 18.2 Å². The first-order valence-electron chi connectivity index (χ1n) is 6.63. The van der Waals surface area contributed by atoms with Gasteiger partial charge in [-0.1, -0.05) is 20.3 Å². The molecule has 0 saturated carbocycles. The zero-order chi connectivity index (χ0) is 15.3. The Hall–Kier alpha value is -2.11. The van der Waals surface area contributed by atoms with E-state index >= 15 is 0 Å². The molecular weight excluding hydrogens is 260 g/mol. The van der Waals surface area contributed by atoms with Crippen molar-refractivity contribution in [2.45, 2.75) is 39.7 Å². The molecule has 1 aromatic rings. The zero-order valence-corrected chi connectivity index (χ0v) is 11.9. The van der Waals surface area contributed by atoms with Gasteiger partial charge < -0.3 is 10.4 Å². The molecule has 0 radical (unpaired) electrons. The lowest BCUT2D eigenvalue weighted by Crippen LogP contribution is -2.18. The van der Waals surface area contributed by atoms with E-state index in [1.807, 2.05) is 6.92 Å². The van der Waals surface area contributed by atoms with Crippen molar-refractivity contribution >= 4 is 17.3 Å². The van der Waals surface area contributed by atoms with Crippen molar-refractivity contribution < 1.29 is 14.8 Å². The highest BCUT2D eigenvalue weighted by Crippen LogP contribution is 2.24. The van der Waals surface area contributed by atoms with Gasteiger partial charge in [-0.05, 0) is 31.4 Å². The summed E-state index contributed by atoms with van der Waals surface area (Å²) in [6.45, 7) is 6.27. The van der Waals surface area contributed by atoms with Gasteiger partial charge in [0, 0.05) is 17.8 Å². The number of nitro benzene ring substituents is 1. The smallest absolute Gasteiger partial charge is 0.342 e. The molecule has 0 fully saturated rings. The van der Waals surface area contributed by atoms with Crippen molar-refractivity contribution in [3.8, 4) is 0 Å². The van der Waals surface area contributed by atoms with Gasteiger partial charge in [0.15, 0.2) is 0 Å². The zero-order valence-electron chi connectivity index (χ0n) is 11.9. The summed E-state index contributed by atoms with van der Waals surface area (Å²) in [7, 11) is 0. The molecule has 0 saturated heterocycles. The SMILES string of the molecule is CCC(C)CC(C)Nc1ccc([N+](=O)[O-])c(C(=O)O)c1. The average molecular weight is 280 g/mol. The highest BCUT2D eigenvalue weighted by atomic mass is 16.6. The highest BCUT2D eigenvalue weighted by molar-refractivity contribution is 5.93. The Morgan fingerprint density at radius 1 is 1.45 bits per heavy atom. The second kappa shape index (κ2) is 6.88. The normalized spacial score (nSPS) is 13.6. The van der Waals surface area contributed by atoms with Gasteiger partial charge in [0.05, 0.1) is 4.92 Å². The fourth-order valence-electron chi connectivity index (χ4n) is 2.07. The molecule has 110 valence electrons. The van der Waals surface area contributed by atoms with Crippen LogP contribution >= 0.6 is 0 Å². The van der Waals surface area contributed by atoms with Crippen LogP contribution in [0.25, 0.3) is 0 Å². The lowest BCUT2D eigenvalue weighted by atomic mass is 10.00.